The minimum absolute atomic E-state index is 0.0294. The number of fused-ring (bicyclic) bond motifs is 1. The molecule has 1 fully saturated rings. The minimum atomic E-state index is -3.57. The van der Waals surface area contributed by atoms with E-state index in [0.29, 0.717) is 10.9 Å². The average molecular weight is 332 g/mol. The van der Waals surface area contributed by atoms with Crippen molar-refractivity contribution >= 4 is 44.1 Å². The molecule has 0 atom stereocenters. The Morgan fingerprint density at radius 3 is 2.60 bits per heavy atom. The van der Waals surface area contributed by atoms with Crippen molar-refractivity contribution in [3.63, 3.8) is 0 Å². The molecule has 1 aromatic heterocycles. The molecule has 5 nitrogen and oxygen atoms in total. The van der Waals surface area contributed by atoms with Crippen molar-refractivity contribution in [1.29, 1.82) is 0 Å². The molecule has 0 aliphatic heterocycles. The van der Waals surface area contributed by atoms with Crippen LogP contribution < -0.4 is 4.72 Å². The SMILES string of the molecule is CC1(NS(=O)(=O)c2ccc3nc(Cl)nc(Cl)c3c2)CC1. The van der Waals surface area contributed by atoms with Gasteiger partial charge in [0, 0.05) is 10.9 Å². The number of hydrogen-bond donors (Lipinski definition) is 1. The molecule has 0 unspecified atom stereocenters. The van der Waals surface area contributed by atoms with Crippen LogP contribution in [0, 0.1) is 0 Å². The number of halogens is 2. The summed E-state index contributed by atoms with van der Waals surface area (Å²) in [5, 5.41) is 0.622. The highest BCUT2D eigenvalue weighted by atomic mass is 35.5. The lowest BCUT2D eigenvalue weighted by molar-refractivity contribution is 0.558. The second-order valence-electron chi connectivity index (χ2n) is 5.13. The summed E-state index contributed by atoms with van der Waals surface area (Å²) in [4.78, 5) is 7.96. The molecule has 1 aromatic carbocycles. The second kappa shape index (κ2) is 4.53. The van der Waals surface area contributed by atoms with E-state index in [9.17, 15) is 8.42 Å². The van der Waals surface area contributed by atoms with Crippen LogP contribution in [0.5, 0.6) is 0 Å². The van der Waals surface area contributed by atoms with Gasteiger partial charge in [-0.1, -0.05) is 11.6 Å². The van der Waals surface area contributed by atoms with E-state index >= 15 is 0 Å². The van der Waals surface area contributed by atoms with Crippen molar-refractivity contribution < 1.29 is 8.42 Å². The first kappa shape index (κ1) is 14.0. The van der Waals surface area contributed by atoms with Gasteiger partial charge in [0.05, 0.1) is 10.4 Å². The van der Waals surface area contributed by atoms with Gasteiger partial charge in [-0.2, -0.15) is 0 Å². The predicted octanol–water partition coefficient (Wildman–Crippen LogP) is 2.77. The molecular formula is C12H11Cl2N3O2S. The molecule has 3 rings (SSSR count). The number of aromatic nitrogens is 2. The van der Waals surface area contributed by atoms with E-state index in [4.69, 9.17) is 23.2 Å². The Labute approximate surface area is 126 Å². The maximum Gasteiger partial charge on any atom is 0.241 e. The molecule has 106 valence electrons. The van der Waals surface area contributed by atoms with Gasteiger partial charge in [-0.25, -0.2) is 23.1 Å². The van der Waals surface area contributed by atoms with Crippen LogP contribution in [-0.2, 0) is 10.0 Å². The fourth-order valence-corrected chi connectivity index (χ4v) is 3.82. The number of rotatable bonds is 3. The van der Waals surface area contributed by atoms with Crippen LogP contribution in [0.15, 0.2) is 23.1 Å². The first-order valence-corrected chi connectivity index (χ1v) is 8.20. The topological polar surface area (TPSA) is 72.0 Å². The van der Waals surface area contributed by atoms with E-state index in [1.165, 1.54) is 12.1 Å². The zero-order valence-corrected chi connectivity index (χ0v) is 12.8. The molecule has 20 heavy (non-hydrogen) atoms. The third-order valence-corrected chi connectivity index (χ3v) is 5.38. The molecule has 0 radical (unpaired) electrons. The molecule has 0 amide bonds. The first-order chi connectivity index (χ1) is 9.29. The molecule has 0 spiro atoms. The third kappa shape index (κ3) is 2.61. The summed E-state index contributed by atoms with van der Waals surface area (Å²) in [6.45, 7) is 1.88. The van der Waals surface area contributed by atoms with Crippen LogP contribution in [0.1, 0.15) is 19.8 Å². The van der Waals surface area contributed by atoms with Gasteiger partial charge >= 0.3 is 0 Å². The molecular weight excluding hydrogens is 321 g/mol. The lowest BCUT2D eigenvalue weighted by Crippen LogP contribution is -2.34. The summed E-state index contributed by atoms with van der Waals surface area (Å²) >= 11 is 11.7. The normalized spacial score (nSPS) is 17.4. The Balaban J connectivity index is 2.09. The highest BCUT2D eigenvalue weighted by Crippen LogP contribution is 2.36. The predicted molar refractivity (Wildman–Crippen MR) is 77.5 cm³/mol. The lowest BCUT2D eigenvalue weighted by Gasteiger charge is -2.12. The van der Waals surface area contributed by atoms with Gasteiger partial charge in [0.15, 0.2) is 0 Å². The fourth-order valence-electron chi connectivity index (χ4n) is 1.88. The van der Waals surface area contributed by atoms with Gasteiger partial charge < -0.3 is 0 Å². The van der Waals surface area contributed by atoms with Crippen LogP contribution in [0.25, 0.3) is 10.9 Å². The van der Waals surface area contributed by atoms with E-state index in [-0.39, 0.29) is 20.9 Å². The highest BCUT2D eigenvalue weighted by Gasteiger charge is 2.41. The molecule has 0 saturated heterocycles. The average Bonchev–Trinajstić information content (AvgIpc) is 3.05. The Morgan fingerprint density at radius 2 is 1.95 bits per heavy atom. The van der Waals surface area contributed by atoms with Crippen molar-refractivity contribution in [3.05, 3.63) is 28.6 Å². The smallest absolute Gasteiger partial charge is 0.218 e. The Hall–Kier alpha value is -0.950. The van der Waals surface area contributed by atoms with Gasteiger partial charge in [-0.3, -0.25) is 0 Å². The van der Waals surface area contributed by atoms with Crippen LogP contribution in [0.4, 0.5) is 0 Å². The van der Waals surface area contributed by atoms with E-state index in [1.807, 2.05) is 6.92 Å². The lowest BCUT2D eigenvalue weighted by atomic mass is 10.2. The van der Waals surface area contributed by atoms with E-state index < -0.39 is 10.0 Å². The van der Waals surface area contributed by atoms with E-state index in [0.717, 1.165) is 12.8 Å². The zero-order chi connectivity index (χ0) is 14.5. The molecule has 1 aliphatic carbocycles. The number of hydrogen-bond acceptors (Lipinski definition) is 4. The van der Waals surface area contributed by atoms with Crippen molar-refractivity contribution in [2.45, 2.75) is 30.2 Å². The molecule has 1 aliphatic rings. The number of benzene rings is 1. The van der Waals surface area contributed by atoms with Gasteiger partial charge in [-0.05, 0) is 49.6 Å². The highest BCUT2D eigenvalue weighted by molar-refractivity contribution is 7.89. The minimum Gasteiger partial charge on any atom is -0.218 e. The molecule has 8 heteroatoms. The monoisotopic (exact) mass is 331 g/mol. The number of nitrogens with zero attached hydrogens (tertiary/aromatic N) is 2. The van der Waals surface area contributed by atoms with Crippen molar-refractivity contribution in [3.8, 4) is 0 Å². The van der Waals surface area contributed by atoms with E-state index in [1.54, 1.807) is 6.07 Å². The van der Waals surface area contributed by atoms with Crippen LogP contribution >= 0.6 is 23.2 Å². The fraction of sp³-hybridized carbons (Fsp3) is 0.333. The zero-order valence-electron chi connectivity index (χ0n) is 10.5. The summed E-state index contributed by atoms with van der Waals surface area (Å²) in [5.74, 6) is 0. The Morgan fingerprint density at radius 1 is 1.25 bits per heavy atom. The summed E-state index contributed by atoms with van der Waals surface area (Å²) < 4.78 is 27.3. The Bertz CT molecular complexity index is 804. The summed E-state index contributed by atoms with van der Waals surface area (Å²) in [5.41, 5.74) is 0.181. The molecule has 1 saturated carbocycles. The first-order valence-electron chi connectivity index (χ1n) is 5.96. The number of sulfonamides is 1. The Kier molecular flexibility index (Phi) is 3.17. The van der Waals surface area contributed by atoms with Crippen molar-refractivity contribution in [1.82, 2.24) is 14.7 Å². The van der Waals surface area contributed by atoms with Crippen molar-refractivity contribution in [2.24, 2.45) is 0 Å². The van der Waals surface area contributed by atoms with Gasteiger partial charge in [-0.15, -0.1) is 0 Å². The van der Waals surface area contributed by atoms with E-state index in [2.05, 4.69) is 14.7 Å². The summed E-state index contributed by atoms with van der Waals surface area (Å²) in [6, 6.07) is 4.51. The van der Waals surface area contributed by atoms with Crippen LogP contribution in [-0.4, -0.2) is 23.9 Å². The maximum absolute atomic E-state index is 12.3. The number of nitrogens with one attached hydrogen (secondary N) is 1. The molecule has 2 aromatic rings. The standard InChI is InChI=1S/C12H11Cl2N3O2S/c1-12(4-5-12)17-20(18,19)7-2-3-9-8(6-7)10(13)16-11(14)15-9/h2-3,6,17H,4-5H2,1H3. The maximum atomic E-state index is 12.3. The van der Waals surface area contributed by atoms with Crippen LogP contribution in [0.3, 0.4) is 0 Å². The molecule has 1 N–H and O–H groups in total. The van der Waals surface area contributed by atoms with Crippen LogP contribution in [0.2, 0.25) is 10.4 Å². The molecule has 1 heterocycles. The van der Waals surface area contributed by atoms with Crippen molar-refractivity contribution in [2.75, 3.05) is 0 Å². The summed E-state index contributed by atoms with van der Waals surface area (Å²) in [6.07, 6.45) is 1.69. The van der Waals surface area contributed by atoms with Gasteiger partial charge in [0.25, 0.3) is 0 Å². The van der Waals surface area contributed by atoms with Gasteiger partial charge in [0.1, 0.15) is 5.15 Å². The third-order valence-electron chi connectivity index (χ3n) is 3.28. The quantitative estimate of drug-likeness (QED) is 0.693. The molecule has 0 bridgehead atoms. The summed E-state index contributed by atoms with van der Waals surface area (Å²) in [7, 11) is -3.57. The second-order valence-corrected chi connectivity index (χ2v) is 7.51. The largest absolute Gasteiger partial charge is 0.241 e. The van der Waals surface area contributed by atoms with Gasteiger partial charge in [0.2, 0.25) is 15.3 Å².